The van der Waals surface area contributed by atoms with Crippen molar-refractivity contribution in [2.45, 2.75) is 13.5 Å². The molecule has 1 saturated heterocycles. The second kappa shape index (κ2) is 6.41. The van der Waals surface area contributed by atoms with Crippen LogP contribution in [-0.2, 0) is 6.54 Å². The third-order valence-electron chi connectivity index (χ3n) is 3.79. The quantitative estimate of drug-likeness (QED) is 0.873. The maximum Gasteiger partial charge on any atom is 0.225 e. The first kappa shape index (κ1) is 14.3. The summed E-state index contributed by atoms with van der Waals surface area (Å²) in [7, 11) is 0. The van der Waals surface area contributed by atoms with Crippen LogP contribution in [0.15, 0.2) is 36.5 Å². The number of aromatic nitrogens is 2. The van der Waals surface area contributed by atoms with Gasteiger partial charge in [0.05, 0.1) is 0 Å². The van der Waals surface area contributed by atoms with E-state index in [0.717, 1.165) is 49.4 Å². The van der Waals surface area contributed by atoms with Crippen LogP contribution in [0.3, 0.4) is 0 Å². The number of aryl methyl sites for hydroxylation is 1. The molecule has 2 heterocycles. The summed E-state index contributed by atoms with van der Waals surface area (Å²) in [5.74, 6) is 0.840. The molecule has 2 aromatic rings. The number of nitrogens with zero attached hydrogens (tertiary/aromatic N) is 4. The fourth-order valence-electron chi connectivity index (χ4n) is 2.56. The van der Waals surface area contributed by atoms with E-state index in [1.54, 1.807) is 0 Å². The molecule has 5 heteroatoms. The highest BCUT2D eigenvalue weighted by atomic mass is 35.5. The smallest absolute Gasteiger partial charge is 0.225 e. The molecular weight excluding hydrogens is 284 g/mol. The molecule has 1 aliphatic heterocycles. The largest absolute Gasteiger partial charge is 0.338 e. The Hall–Kier alpha value is -1.65. The van der Waals surface area contributed by atoms with Crippen LogP contribution in [0.2, 0.25) is 5.02 Å². The van der Waals surface area contributed by atoms with Crippen LogP contribution in [0.25, 0.3) is 0 Å². The van der Waals surface area contributed by atoms with Gasteiger partial charge in [0.25, 0.3) is 0 Å². The van der Waals surface area contributed by atoms with Gasteiger partial charge in [-0.2, -0.15) is 0 Å². The van der Waals surface area contributed by atoms with E-state index >= 15 is 0 Å². The number of anilines is 1. The Labute approximate surface area is 130 Å². The maximum atomic E-state index is 6.23. The molecule has 0 aliphatic carbocycles. The lowest BCUT2D eigenvalue weighted by atomic mass is 10.2. The highest BCUT2D eigenvalue weighted by Gasteiger charge is 2.19. The minimum atomic E-state index is 0.840. The van der Waals surface area contributed by atoms with Crippen LogP contribution in [0.5, 0.6) is 0 Å². The second-order valence-corrected chi connectivity index (χ2v) is 5.76. The summed E-state index contributed by atoms with van der Waals surface area (Å²) in [6.07, 6.45) is 1.83. The number of benzene rings is 1. The SMILES string of the molecule is Cc1ccnc(N2CCN(Cc3ccccc3Cl)CC2)n1. The van der Waals surface area contributed by atoms with Gasteiger partial charge in [0, 0.05) is 49.6 Å². The molecular formula is C16H19ClN4. The molecule has 0 unspecified atom stereocenters. The van der Waals surface area contributed by atoms with Crippen molar-refractivity contribution in [3.63, 3.8) is 0 Å². The fraction of sp³-hybridized carbons (Fsp3) is 0.375. The number of hydrogen-bond acceptors (Lipinski definition) is 4. The van der Waals surface area contributed by atoms with E-state index in [9.17, 15) is 0 Å². The Morgan fingerprint density at radius 2 is 1.86 bits per heavy atom. The average molecular weight is 303 g/mol. The lowest BCUT2D eigenvalue weighted by molar-refractivity contribution is 0.248. The number of rotatable bonds is 3. The lowest BCUT2D eigenvalue weighted by Crippen LogP contribution is -2.46. The van der Waals surface area contributed by atoms with Crippen molar-refractivity contribution in [3.05, 3.63) is 52.8 Å². The zero-order valence-electron chi connectivity index (χ0n) is 12.2. The summed E-state index contributed by atoms with van der Waals surface area (Å²) in [6.45, 7) is 6.81. The molecule has 110 valence electrons. The molecule has 1 fully saturated rings. The molecule has 0 atom stereocenters. The van der Waals surface area contributed by atoms with E-state index in [-0.39, 0.29) is 0 Å². The summed E-state index contributed by atoms with van der Waals surface area (Å²) >= 11 is 6.23. The number of piperazine rings is 1. The Morgan fingerprint density at radius 1 is 1.10 bits per heavy atom. The predicted octanol–water partition coefficient (Wildman–Crippen LogP) is 2.76. The van der Waals surface area contributed by atoms with Crippen molar-refractivity contribution in [2.75, 3.05) is 31.1 Å². The van der Waals surface area contributed by atoms with E-state index < -0.39 is 0 Å². The third-order valence-corrected chi connectivity index (χ3v) is 4.16. The van der Waals surface area contributed by atoms with E-state index in [2.05, 4.69) is 25.8 Å². The minimum Gasteiger partial charge on any atom is -0.338 e. The fourth-order valence-corrected chi connectivity index (χ4v) is 2.76. The molecule has 21 heavy (non-hydrogen) atoms. The van der Waals surface area contributed by atoms with Crippen molar-refractivity contribution in [1.29, 1.82) is 0 Å². The summed E-state index contributed by atoms with van der Waals surface area (Å²) in [5, 5.41) is 0.849. The van der Waals surface area contributed by atoms with Gasteiger partial charge >= 0.3 is 0 Å². The second-order valence-electron chi connectivity index (χ2n) is 5.35. The molecule has 4 nitrogen and oxygen atoms in total. The maximum absolute atomic E-state index is 6.23. The van der Waals surface area contributed by atoms with Crippen LogP contribution >= 0.6 is 11.6 Å². The van der Waals surface area contributed by atoms with Gasteiger partial charge in [-0.25, -0.2) is 9.97 Å². The zero-order chi connectivity index (χ0) is 14.7. The van der Waals surface area contributed by atoms with Gasteiger partial charge < -0.3 is 4.90 Å². The molecule has 0 bridgehead atoms. The van der Waals surface area contributed by atoms with Crippen molar-refractivity contribution in [1.82, 2.24) is 14.9 Å². The van der Waals surface area contributed by atoms with Crippen molar-refractivity contribution in [3.8, 4) is 0 Å². The van der Waals surface area contributed by atoms with Crippen molar-refractivity contribution >= 4 is 17.5 Å². The van der Waals surface area contributed by atoms with E-state index in [0.29, 0.717) is 0 Å². The zero-order valence-corrected chi connectivity index (χ0v) is 12.9. The van der Waals surface area contributed by atoms with Gasteiger partial charge in [-0.3, -0.25) is 4.90 Å². The summed E-state index contributed by atoms with van der Waals surface area (Å²) in [4.78, 5) is 13.5. The number of hydrogen-bond donors (Lipinski definition) is 0. The molecule has 0 radical (unpaired) electrons. The van der Waals surface area contributed by atoms with Gasteiger partial charge in [-0.05, 0) is 24.6 Å². The first-order chi connectivity index (χ1) is 10.2. The van der Waals surface area contributed by atoms with Crippen LogP contribution in [0.1, 0.15) is 11.3 Å². The molecule has 0 amide bonds. The molecule has 1 aromatic heterocycles. The standard InChI is InChI=1S/C16H19ClN4/c1-13-6-7-18-16(19-13)21-10-8-20(9-11-21)12-14-4-2-3-5-15(14)17/h2-7H,8-12H2,1H3. The normalized spacial score (nSPS) is 16.2. The number of halogens is 1. The van der Waals surface area contributed by atoms with Crippen LogP contribution in [0, 0.1) is 6.92 Å². The highest BCUT2D eigenvalue weighted by Crippen LogP contribution is 2.18. The van der Waals surface area contributed by atoms with Crippen molar-refractivity contribution < 1.29 is 0 Å². The van der Waals surface area contributed by atoms with Gasteiger partial charge in [0.15, 0.2) is 0 Å². The first-order valence-electron chi connectivity index (χ1n) is 7.23. The van der Waals surface area contributed by atoms with E-state index in [1.165, 1.54) is 5.56 Å². The topological polar surface area (TPSA) is 32.3 Å². The summed E-state index contributed by atoms with van der Waals surface area (Å²) < 4.78 is 0. The third kappa shape index (κ3) is 3.52. The van der Waals surface area contributed by atoms with Gasteiger partial charge in [-0.15, -0.1) is 0 Å². The Bertz CT molecular complexity index is 609. The lowest BCUT2D eigenvalue weighted by Gasteiger charge is -2.34. The first-order valence-corrected chi connectivity index (χ1v) is 7.60. The molecule has 1 aliphatic rings. The van der Waals surface area contributed by atoms with E-state index in [4.69, 9.17) is 11.6 Å². The molecule has 1 aromatic carbocycles. The summed E-state index contributed by atoms with van der Waals surface area (Å²) in [5.41, 5.74) is 2.21. The Balaban J connectivity index is 1.59. The van der Waals surface area contributed by atoms with E-state index in [1.807, 2.05) is 37.4 Å². The molecule has 3 rings (SSSR count). The van der Waals surface area contributed by atoms with Gasteiger partial charge in [0.2, 0.25) is 5.95 Å². The monoisotopic (exact) mass is 302 g/mol. The highest BCUT2D eigenvalue weighted by molar-refractivity contribution is 6.31. The van der Waals surface area contributed by atoms with Gasteiger partial charge in [0.1, 0.15) is 0 Å². The Kier molecular flexibility index (Phi) is 4.36. The molecule has 0 spiro atoms. The van der Waals surface area contributed by atoms with Crippen LogP contribution < -0.4 is 4.90 Å². The van der Waals surface area contributed by atoms with Gasteiger partial charge in [-0.1, -0.05) is 29.8 Å². The predicted molar refractivity (Wildman–Crippen MR) is 85.7 cm³/mol. The van der Waals surface area contributed by atoms with Crippen LogP contribution in [-0.4, -0.2) is 41.0 Å². The molecule has 0 saturated carbocycles. The van der Waals surface area contributed by atoms with Crippen molar-refractivity contribution in [2.24, 2.45) is 0 Å². The minimum absolute atomic E-state index is 0.840. The Morgan fingerprint density at radius 3 is 2.57 bits per heavy atom. The molecule has 0 N–H and O–H groups in total. The van der Waals surface area contributed by atoms with Crippen LogP contribution in [0.4, 0.5) is 5.95 Å². The average Bonchev–Trinajstić information content (AvgIpc) is 2.50. The summed E-state index contributed by atoms with van der Waals surface area (Å²) in [6, 6.07) is 9.99.